The highest BCUT2D eigenvalue weighted by atomic mass is 19.1. The highest BCUT2D eigenvalue weighted by Crippen LogP contribution is 2.36. The fraction of sp³-hybridized carbons (Fsp3) is 0.400. The number of hydrogen-bond acceptors (Lipinski definition) is 3. The molecule has 5 nitrogen and oxygen atoms in total. The van der Waals surface area contributed by atoms with Crippen LogP contribution in [-0.4, -0.2) is 17.8 Å². The van der Waals surface area contributed by atoms with E-state index in [9.17, 15) is 18.8 Å². The molecule has 0 unspecified atom stereocenters. The van der Waals surface area contributed by atoms with Crippen molar-refractivity contribution in [3.63, 3.8) is 0 Å². The molecule has 1 aromatic carbocycles. The predicted molar refractivity (Wildman–Crippen MR) is 75.2 cm³/mol. The van der Waals surface area contributed by atoms with Crippen molar-refractivity contribution in [3.8, 4) is 0 Å². The van der Waals surface area contributed by atoms with Crippen molar-refractivity contribution in [1.29, 1.82) is 0 Å². The van der Waals surface area contributed by atoms with Gasteiger partial charge in [-0.3, -0.25) is 14.9 Å². The maximum Gasteiger partial charge on any atom is 0.335 e. The van der Waals surface area contributed by atoms with E-state index in [2.05, 4.69) is 5.32 Å². The summed E-state index contributed by atoms with van der Waals surface area (Å²) in [5.41, 5.74) is -0.976. The zero-order valence-corrected chi connectivity index (χ0v) is 12.2. The number of urea groups is 1. The van der Waals surface area contributed by atoms with Gasteiger partial charge in [0.05, 0.1) is 5.69 Å². The van der Waals surface area contributed by atoms with Gasteiger partial charge in [-0.05, 0) is 31.4 Å². The molecule has 1 N–H and O–H groups in total. The summed E-state index contributed by atoms with van der Waals surface area (Å²) in [6.07, 6.45) is 0.483. The van der Waals surface area contributed by atoms with E-state index < -0.39 is 29.1 Å². The monoisotopic (exact) mass is 292 g/mol. The van der Waals surface area contributed by atoms with Crippen molar-refractivity contribution in [3.05, 3.63) is 29.6 Å². The van der Waals surface area contributed by atoms with Crippen LogP contribution in [0.5, 0.6) is 0 Å². The van der Waals surface area contributed by atoms with E-state index in [1.807, 2.05) is 0 Å². The lowest BCUT2D eigenvalue weighted by Crippen LogP contribution is -2.64. The van der Waals surface area contributed by atoms with Gasteiger partial charge < -0.3 is 0 Å². The number of rotatable bonds is 3. The minimum absolute atomic E-state index is 0.0984. The van der Waals surface area contributed by atoms with Crippen molar-refractivity contribution >= 4 is 23.5 Å². The molecule has 1 fully saturated rings. The van der Waals surface area contributed by atoms with Gasteiger partial charge >= 0.3 is 6.03 Å². The molecule has 6 heteroatoms. The quantitative estimate of drug-likeness (QED) is 0.870. The number of benzene rings is 1. The minimum Gasteiger partial charge on any atom is -0.276 e. The molecule has 0 aliphatic carbocycles. The molecule has 1 aliphatic rings. The zero-order valence-electron chi connectivity index (χ0n) is 12.2. The average Bonchev–Trinajstić information content (AvgIpc) is 2.43. The molecule has 0 radical (unpaired) electrons. The predicted octanol–water partition coefficient (Wildman–Crippen LogP) is 2.52. The first-order valence-corrected chi connectivity index (χ1v) is 6.84. The van der Waals surface area contributed by atoms with Crippen molar-refractivity contribution in [2.75, 3.05) is 4.90 Å². The highest BCUT2D eigenvalue weighted by molar-refractivity contribution is 6.30. The lowest BCUT2D eigenvalue weighted by atomic mass is 9.78. The second-order valence-corrected chi connectivity index (χ2v) is 5.09. The Bertz CT molecular complexity index is 603. The number of aryl methyl sites for hydroxylation is 1. The average molecular weight is 292 g/mol. The SMILES string of the molecule is CCC1(CC)C(=O)NC(=O)N(c2c(C)cccc2F)C1=O. The molecule has 1 heterocycles. The number of nitrogens with zero attached hydrogens (tertiary/aromatic N) is 1. The van der Waals surface area contributed by atoms with E-state index in [-0.39, 0.29) is 18.5 Å². The van der Waals surface area contributed by atoms with E-state index in [1.165, 1.54) is 12.1 Å². The van der Waals surface area contributed by atoms with Crippen LogP contribution in [0.15, 0.2) is 18.2 Å². The van der Waals surface area contributed by atoms with Gasteiger partial charge in [-0.1, -0.05) is 26.0 Å². The number of para-hydroxylation sites is 1. The number of imide groups is 2. The maximum atomic E-state index is 14.1. The van der Waals surface area contributed by atoms with Gasteiger partial charge in [0.1, 0.15) is 11.2 Å². The smallest absolute Gasteiger partial charge is 0.276 e. The molecular weight excluding hydrogens is 275 g/mol. The van der Waals surface area contributed by atoms with Crippen LogP contribution >= 0.6 is 0 Å². The van der Waals surface area contributed by atoms with Gasteiger partial charge in [0.15, 0.2) is 0 Å². The standard InChI is InChI=1S/C15H17FN2O3/c1-4-15(5-2)12(19)17-14(21)18(13(15)20)11-9(3)7-6-8-10(11)16/h6-8H,4-5H2,1-3H3,(H,17,19,21). The van der Waals surface area contributed by atoms with Crippen LogP contribution in [0, 0.1) is 18.2 Å². The van der Waals surface area contributed by atoms with E-state index in [4.69, 9.17) is 0 Å². The van der Waals surface area contributed by atoms with Crippen LogP contribution < -0.4 is 10.2 Å². The largest absolute Gasteiger partial charge is 0.335 e. The Hall–Kier alpha value is -2.24. The summed E-state index contributed by atoms with van der Waals surface area (Å²) in [5, 5.41) is 2.17. The molecule has 0 saturated carbocycles. The lowest BCUT2D eigenvalue weighted by molar-refractivity contribution is -0.143. The van der Waals surface area contributed by atoms with Crippen LogP contribution in [-0.2, 0) is 9.59 Å². The van der Waals surface area contributed by atoms with Crippen LogP contribution in [0.4, 0.5) is 14.9 Å². The van der Waals surface area contributed by atoms with E-state index in [0.717, 1.165) is 4.90 Å². The third-order valence-corrected chi connectivity index (χ3v) is 4.09. The van der Waals surface area contributed by atoms with Gasteiger partial charge in [0.2, 0.25) is 5.91 Å². The maximum absolute atomic E-state index is 14.1. The fourth-order valence-corrected chi connectivity index (χ4v) is 2.66. The molecular formula is C15H17FN2O3. The van der Waals surface area contributed by atoms with E-state index in [0.29, 0.717) is 5.56 Å². The Morgan fingerprint density at radius 1 is 1.19 bits per heavy atom. The molecule has 1 saturated heterocycles. The molecule has 112 valence electrons. The summed E-state index contributed by atoms with van der Waals surface area (Å²) in [6, 6.07) is 3.38. The molecule has 0 atom stereocenters. The topological polar surface area (TPSA) is 66.5 Å². The first-order chi connectivity index (χ1) is 9.89. The molecule has 0 spiro atoms. The summed E-state index contributed by atoms with van der Waals surface area (Å²) in [4.78, 5) is 37.6. The summed E-state index contributed by atoms with van der Waals surface area (Å²) in [5.74, 6) is -1.96. The summed E-state index contributed by atoms with van der Waals surface area (Å²) in [7, 11) is 0. The first kappa shape index (κ1) is 15.2. The molecule has 0 aromatic heterocycles. The number of barbiturate groups is 1. The third kappa shape index (κ3) is 2.11. The van der Waals surface area contributed by atoms with Crippen molar-refractivity contribution < 1.29 is 18.8 Å². The Morgan fingerprint density at radius 2 is 1.81 bits per heavy atom. The lowest BCUT2D eigenvalue weighted by Gasteiger charge is -2.38. The number of halogens is 1. The van der Waals surface area contributed by atoms with Crippen molar-refractivity contribution in [1.82, 2.24) is 5.32 Å². The summed E-state index contributed by atoms with van der Waals surface area (Å²) in [6.45, 7) is 5.00. The first-order valence-electron chi connectivity index (χ1n) is 6.84. The van der Waals surface area contributed by atoms with Crippen LogP contribution in [0.2, 0.25) is 0 Å². The van der Waals surface area contributed by atoms with Gasteiger partial charge in [-0.25, -0.2) is 14.1 Å². The van der Waals surface area contributed by atoms with Gasteiger partial charge in [0.25, 0.3) is 5.91 Å². The van der Waals surface area contributed by atoms with Gasteiger partial charge in [-0.15, -0.1) is 0 Å². The Labute approximate surface area is 122 Å². The second kappa shape index (κ2) is 5.27. The number of carbonyl (C=O) groups excluding carboxylic acids is 3. The number of amides is 4. The molecule has 4 amide bonds. The Morgan fingerprint density at radius 3 is 2.33 bits per heavy atom. The van der Waals surface area contributed by atoms with Gasteiger partial charge in [-0.2, -0.15) is 0 Å². The molecule has 0 bridgehead atoms. The normalized spacial score (nSPS) is 17.9. The number of carbonyl (C=O) groups is 3. The summed E-state index contributed by atoms with van der Waals surface area (Å²) < 4.78 is 14.1. The van der Waals surface area contributed by atoms with Crippen molar-refractivity contribution in [2.24, 2.45) is 5.41 Å². The highest BCUT2D eigenvalue weighted by Gasteiger charge is 2.52. The number of nitrogens with one attached hydrogen (secondary N) is 1. The minimum atomic E-state index is -1.33. The van der Waals surface area contributed by atoms with Crippen molar-refractivity contribution in [2.45, 2.75) is 33.6 Å². The zero-order chi connectivity index (χ0) is 15.8. The number of anilines is 1. The second-order valence-electron chi connectivity index (χ2n) is 5.09. The summed E-state index contributed by atoms with van der Waals surface area (Å²) >= 11 is 0. The third-order valence-electron chi connectivity index (χ3n) is 4.09. The van der Waals surface area contributed by atoms with E-state index >= 15 is 0 Å². The van der Waals surface area contributed by atoms with E-state index in [1.54, 1.807) is 26.8 Å². The molecule has 1 aromatic rings. The van der Waals surface area contributed by atoms with Crippen LogP contribution in [0.3, 0.4) is 0 Å². The molecule has 21 heavy (non-hydrogen) atoms. The Balaban J connectivity index is 2.61. The van der Waals surface area contributed by atoms with Crippen LogP contribution in [0.25, 0.3) is 0 Å². The van der Waals surface area contributed by atoms with Crippen LogP contribution in [0.1, 0.15) is 32.3 Å². The fourth-order valence-electron chi connectivity index (χ4n) is 2.66. The number of hydrogen-bond donors (Lipinski definition) is 1. The molecule has 2 rings (SSSR count). The van der Waals surface area contributed by atoms with Gasteiger partial charge in [0, 0.05) is 0 Å². The molecule has 1 aliphatic heterocycles. The Kier molecular flexibility index (Phi) is 3.80.